The maximum Gasteiger partial charge on any atom is 0.0641 e. The summed E-state index contributed by atoms with van der Waals surface area (Å²) in [5.41, 5.74) is 2.72. The van der Waals surface area contributed by atoms with E-state index >= 15 is 0 Å². The van der Waals surface area contributed by atoms with Crippen LogP contribution in [-0.4, -0.2) is 18.2 Å². The number of benzene rings is 1. The summed E-state index contributed by atoms with van der Waals surface area (Å²) >= 11 is 0. The highest BCUT2D eigenvalue weighted by Gasteiger charge is 2.29. The van der Waals surface area contributed by atoms with E-state index in [2.05, 4.69) is 57.3 Å². The van der Waals surface area contributed by atoms with Gasteiger partial charge in [0.1, 0.15) is 0 Å². The Bertz CT molecular complexity index is 400. The van der Waals surface area contributed by atoms with E-state index in [1.54, 1.807) is 0 Å². The zero-order chi connectivity index (χ0) is 13.2. The first-order valence-electron chi connectivity index (χ1n) is 6.93. The number of ether oxygens (including phenoxy) is 1. The fourth-order valence-electron chi connectivity index (χ4n) is 2.76. The number of rotatable bonds is 3. The molecule has 18 heavy (non-hydrogen) atoms. The summed E-state index contributed by atoms with van der Waals surface area (Å²) in [6.45, 7) is 9.62. The van der Waals surface area contributed by atoms with E-state index < -0.39 is 0 Å². The summed E-state index contributed by atoms with van der Waals surface area (Å²) < 4.78 is 5.76. The van der Waals surface area contributed by atoms with Crippen molar-refractivity contribution in [3.05, 3.63) is 35.4 Å². The standard InChI is InChI=1S/C16H25NO/c1-12-6-5-7-14(10-12)13(2)17-15-8-9-18-16(3,4)11-15/h5-7,10,13,15,17H,8-9,11H2,1-4H3/t13-,15?/m0/s1. The Balaban J connectivity index is 1.97. The van der Waals surface area contributed by atoms with Gasteiger partial charge in [-0.1, -0.05) is 29.8 Å². The van der Waals surface area contributed by atoms with Gasteiger partial charge in [-0.2, -0.15) is 0 Å². The van der Waals surface area contributed by atoms with Gasteiger partial charge in [0.05, 0.1) is 5.60 Å². The number of hydrogen-bond acceptors (Lipinski definition) is 2. The van der Waals surface area contributed by atoms with Crippen molar-refractivity contribution in [3.63, 3.8) is 0 Å². The first-order chi connectivity index (χ1) is 8.46. The van der Waals surface area contributed by atoms with Crippen molar-refractivity contribution in [1.82, 2.24) is 5.32 Å². The average Bonchev–Trinajstić information content (AvgIpc) is 2.27. The SMILES string of the molecule is Cc1cccc([C@H](C)NC2CCOC(C)(C)C2)c1. The molecule has 0 radical (unpaired) electrons. The van der Waals surface area contributed by atoms with Crippen LogP contribution in [0.15, 0.2) is 24.3 Å². The van der Waals surface area contributed by atoms with E-state index in [0.717, 1.165) is 19.4 Å². The molecule has 1 saturated heterocycles. The predicted octanol–water partition coefficient (Wildman–Crippen LogP) is 3.60. The van der Waals surface area contributed by atoms with Gasteiger partial charge in [-0.05, 0) is 46.1 Å². The first kappa shape index (κ1) is 13.6. The molecule has 1 aromatic rings. The molecule has 2 atom stereocenters. The first-order valence-corrected chi connectivity index (χ1v) is 6.93. The molecule has 0 aromatic heterocycles. The second kappa shape index (κ2) is 5.41. The molecule has 100 valence electrons. The van der Waals surface area contributed by atoms with Crippen LogP contribution in [0.4, 0.5) is 0 Å². The minimum atomic E-state index is 0.0161. The fourth-order valence-corrected chi connectivity index (χ4v) is 2.76. The molecule has 1 aromatic carbocycles. The lowest BCUT2D eigenvalue weighted by atomic mass is 9.93. The van der Waals surface area contributed by atoms with Crippen molar-refractivity contribution in [1.29, 1.82) is 0 Å². The monoisotopic (exact) mass is 247 g/mol. The van der Waals surface area contributed by atoms with E-state index in [1.807, 2.05) is 0 Å². The van der Waals surface area contributed by atoms with Gasteiger partial charge in [0.2, 0.25) is 0 Å². The third-order valence-electron chi connectivity index (χ3n) is 3.72. The quantitative estimate of drug-likeness (QED) is 0.881. The van der Waals surface area contributed by atoms with Gasteiger partial charge < -0.3 is 10.1 Å². The highest BCUT2D eigenvalue weighted by molar-refractivity contribution is 5.24. The maximum absolute atomic E-state index is 5.76. The van der Waals surface area contributed by atoms with Crippen molar-refractivity contribution in [2.45, 2.75) is 58.2 Å². The molecular formula is C16H25NO. The van der Waals surface area contributed by atoms with Crippen LogP contribution in [0.25, 0.3) is 0 Å². The van der Waals surface area contributed by atoms with Crippen LogP contribution >= 0.6 is 0 Å². The molecule has 1 aliphatic rings. The third kappa shape index (κ3) is 3.56. The molecule has 1 aliphatic heterocycles. The Kier molecular flexibility index (Phi) is 4.08. The summed E-state index contributed by atoms with van der Waals surface area (Å²) in [4.78, 5) is 0. The number of hydrogen-bond donors (Lipinski definition) is 1. The van der Waals surface area contributed by atoms with Crippen LogP contribution in [0, 0.1) is 6.92 Å². The van der Waals surface area contributed by atoms with Crippen molar-refractivity contribution >= 4 is 0 Å². The molecule has 1 N–H and O–H groups in total. The van der Waals surface area contributed by atoms with Crippen LogP contribution in [0.2, 0.25) is 0 Å². The predicted molar refractivity (Wildman–Crippen MR) is 75.8 cm³/mol. The lowest BCUT2D eigenvalue weighted by molar-refractivity contribution is -0.0639. The number of aryl methyl sites for hydroxylation is 1. The van der Waals surface area contributed by atoms with Gasteiger partial charge in [-0.3, -0.25) is 0 Å². The maximum atomic E-state index is 5.76. The van der Waals surface area contributed by atoms with Crippen LogP contribution in [0.1, 0.15) is 50.8 Å². The molecule has 0 saturated carbocycles. The zero-order valence-corrected chi connectivity index (χ0v) is 12.0. The van der Waals surface area contributed by atoms with Crippen LogP contribution in [0.3, 0.4) is 0 Å². The third-order valence-corrected chi connectivity index (χ3v) is 3.72. The van der Waals surface area contributed by atoms with Gasteiger partial charge in [0, 0.05) is 18.7 Å². The highest BCUT2D eigenvalue weighted by atomic mass is 16.5. The van der Waals surface area contributed by atoms with Gasteiger partial charge >= 0.3 is 0 Å². The summed E-state index contributed by atoms with van der Waals surface area (Å²) in [6, 6.07) is 9.72. The van der Waals surface area contributed by atoms with Crippen LogP contribution in [0.5, 0.6) is 0 Å². The lowest BCUT2D eigenvalue weighted by Gasteiger charge is -2.37. The summed E-state index contributed by atoms with van der Waals surface area (Å²) in [7, 11) is 0. The minimum Gasteiger partial charge on any atom is -0.375 e. The molecule has 0 aliphatic carbocycles. The lowest BCUT2D eigenvalue weighted by Crippen LogP contribution is -2.44. The molecule has 0 spiro atoms. The molecule has 2 heteroatoms. The Morgan fingerprint density at radius 3 is 2.83 bits per heavy atom. The fraction of sp³-hybridized carbons (Fsp3) is 0.625. The Hall–Kier alpha value is -0.860. The van der Waals surface area contributed by atoms with E-state index in [4.69, 9.17) is 4.74 Å². The van der Waals surface area contributed by atoms with Crippen molar-refractivity contribution in [2.75, 3.05) is 6.61 Å². The van der Waals surface area contributed by atoms with Crippen LogP contribution < -0.4 is 5.32 Å². The van der Waals surface area contributed by atoms with Crippen LogP contribution in [-0.2, 0) is 4.74 Å². The molecule has 2 nitrogen and oxygen atoms in total. The second-order valence-electron chi connectivity index (χ2n) is 6.10. The topological polar surface area (TPSA) is 21.3 Å². The van der Waals surface area contributed by atoms with Gasteiger partial charge in [-0.25, -0.2) is 0 Å². The summed E-state index contributed by atoms with van der Waals surface area (Å²) in [5, 5.41) is 3.74. The molecular weight excluding hydrogens is 222 g/mol. The van der Waals surface area contributed by atoms with E-state index in [1.165, 1.54) is 11.1 Å². The summed E-state index contributed by atoms with van der Waals surface area (Å²) in [6.07, 6.45) is 2.20. The van der Waals surface area contributed by atoms with Gasteiger partial charge in [0.25, 0.3) is 0 Å². The largest absolute Gasteiger partial charge is 0.375 e. The average molecular weight is 247 g/mol. The van der Waals surface area contributed by atoms with E-state index in [0.29, 0.717) is 12.1 Å². The number of nitrogens with one attached hydrogen (secondary N) is 1. The molecule has 0 bridgehead atoms. The molecule has 0 amide bonds. The Morgan fingerprint density at radius 2 is 2.17 bits per heavy atom. The van der Waals surface area contributed by atoms with Crippen molar-refractivity contribution in [2.24, 2.45) is 0 Å². The molecule has 1 fully saturated rings. The van der Waals surface area contributed by atoms with Gasteiger partial charge in [0.15, 0.2) is 0 Å². The zero-order valence-electron chi connectivity index (χ0n) is 12.0. The molecule has 1 unspecified atom stereocenters. The van der Waals surface area contributed by atoms with E-state index in [9.17, 15) is 0 Å². The molecule has 1 heterocycles. The van der Waals surface area contributed by atoms with Crippen molar-refractivity contribution < 1.29 is 4.74 Å². The Labute approximate surface area is 111 Å². The molecule has 2 rings (SSSR count). The smallest absolute Gasteiger partial charge is 0.0641 e. The second-order valence-corrected chi connectivity index (χ2v) is 6.10. The Morgan fingerprint density at radius 1 is 1.39 bits per heavy atom. The minimum absolute atomic E-state index is 0.0161. The highest BCUT2D eigenvalue weighted by Crippen LogP contribution is 2.26. The van der Waals surface area contributed by atoms with Crippen molar-refractivity contribution in [3.8, 4) is 0 Å². The van der Waals surface area contributed by atoms with Gasteiger partial charge in [-0.15, -0.1) is 0 Å². The van der Waals surface area contributed by atoms with E-state index in [-0.39, 0.29) is 5.60 Å². The normalized spacial score (nSPS) is 24.8. The summed E-state index contributed by atoms with van der Waals surface area (Å²) in [5.74, 6) is 0.